The van der Waals surface area contributed by atoms with Crippen LogP contribution in [0.2, 0.25) is 0 Å². The van der Waals surface area contributed by atoms with Crippen molar-refractivity contribution in [1.82, 2.24) is 10.1 Å². The summed E-state index contributed by atoms with van der Waals surface area (Å²) in [5.41, 5.74) is 2.09. The zero-order chi connectivity index (χ0) is 15.9. The van der Waals surface area contributed by atoms with Gasteiger partial charge >= 0.3 is 0 Å². The maximum Gasteiger partial charge on any atom is 0.292 e. The monoisotopic (exact) mass is 300 g/mol. The first-order chi connectivity index (χ1) is 10.6. The SMILES string of the molecule is CCCCN(C)C(=O)c1cc(CC(C)c2ccccc2)no1. The Morgan fingerprint density at radius 1 is 1.32 bits per heavy atom. The lowest BCUT2D eigenvalue weighted by atomic mass is 9.96. The molecule has 118 valence electrons. The van der Waals surface area contributed by atoms with Gasteiger partial charge in [0.15, 0.2) is 0 Å². The number of amides is 1. The molecule has 0 saturated heterocycles. The van der Waals surface area contributed by atoms with Crippen molar-refractivity contribution in [3.8, 4) is 0 Å². The van der Waals surface area contributed by atoms with E-state index in [9.17, 15) is 4.79 Å². The van der Waals surface area contributed by atoms with E-state index in [1.807, 2.05) is 18.2 Å². The maximum atomic E-state index is 12.2. The molecule has 1 aromatic heterocycles. The molecule has 1 unspecified atom stereocenters. The highest BCUT2D eigenvalue weighted by Gasteiger charge is 2.18. The third-order valence-electron chi connectivity index (χ3n) is 3.85. The summed E-state index contributed by atoms with van der Waals surface area (Å²) in [6, 6.07) is 12.1. The van der Waals surface area contributed by atoms with Crippen molar-refractivity contribution in [3.05, 3.63) is 53.4 Å². The number of hydrogen-bond acceptors (Lipinski definition) is 3. The third kappa shape index (κ3) is 4.20. The summed E-state index contributed by atoms with van der Waals surface area (Å²) < 4.78 is 5.22. The van der Waals surface area contributed by atoms with Gasteiger partial charge in [0.05, 0.1) is 5.69 Å². The van der Waals surface area contributed by atoms with Crippen LogP contribution in [0.1, 0.15) is 54.4 Å². The van der Waals surface area contributed by atoms with Gasteiger partial charge in [0, 0.05) is 19.7 Å². The number of rotatable bonds is 7. The molecule has 1 aromatic carbocycles. The molecular weight excluding hydrogens is 276 g/mol. The molecule has 0 bridgehead atoms. The summed E-state index contributed by atoms with van der Waals surface area (Å²) in [6.45, 7) is 5.00. The van der Waals surface area contributed by atoms with Gasteiger partial charge in [-0.05, 0) is 24.3 Å². The summed E-state index contributed by atoms with van der Waals surface area (Å²) in [4.78, 5) is 13.9. The van der Waals surface area contributed by atoms with E-state index in [1.54, 1.807) is 18.0 Å². The highest BCUT2D eigenvalue weighted by molar-refractivity contribution is 5.91. The van der Waals surface area contributed by atoms with Crippen LogP contribution in [-0.4, -0.2) is 29.6 Å². The zero-order valence-corrected chi connectivity index (χ0v) is 13.6. The Balaban J connectivity index is 1.98. The fourth-order valence-electron chi connectivity index (χ4n) is 2.41. The molecule has 0 spiro atoms. The van der Waals surface area contributed by atoms with Crippen LogP contribution in [0.25, 0.3) is 0 Å². The largest absolute Gasteiger partial charge is 0.351 e. The lowest BCUT2D eigenvalue weighted by Crippen LogP contribution is -2.27. The number of nitrogens with zero attached hydrogens (tertiary/aromatic N) is 2. The normalized spacial score (nSPS) is 12.1. The maximum absolute atomic E-state index is 12.2. The van der Waals surface area contributed by atoms with Gasteiger partial charge in [0.25, 0.3) is 5.91 Å². The minimum atomic E-state index is -0.0976. The van der Waals surface area contributed by atoms with Crippen molar-refractivity contribution in [3.63, 3.8) is 0 Å². The molecule has 2 aromatic rings. The first-order valence-electron chi connectivity index (χ1n) is 7.87. The van der Waals surface area contributed by atoms with Gasteiger partial charge < -0.3 is 9.42 Å². The minimum absolute atomic E-state index is 0.0976. The molecule has 0 fully saturated rings. The molecule has 0 aliphatic heterocycles. The molecule has 1 amide bonds. The van der Waals surface area contributed by atoms with Crippen molar-refractivity contribution in [2.75, 3.05) is 13.6 Å². The van der Waals surface area contributed by atoms with E-state index in [1.165, 1.54) is 5.56 Å². The Morgan fingerprint density at radius 3 is 2.73 bits per heavy atom. The van der Waals surface area contributed by atoms with E-state index < -0.39 is 0 Å². The Morgan fingerprint density at radius 2 is 2.05 bits per heavy atom. The molecule has 4 nitrogen and oxygen atoms in total. The third-order valence-corrected chi connectivity index (χ3v) is 3.85. The fourth-order valence-corrected chi connectivity index (χ4v) is 2.41. The molecule has 0 radical (unpaired) electrons. The first kappa shape index (κ1) is 16.3. The fraction of sp³-hybridized carbons (Fsp3) is 0.444. The highest BCUT2D eigenvalue weighted by atomic mass is 16.5. The van der Waals surface area contributed by atoms with Crippen LogP contribution in [-0.2, 0) is 6.42 Å². The Labute approximate surface area is 132 Å². The Kier molecular flexibility index (Phi) is 5.75. The van der Waals surface area contributed by atoms with E-state index in [-0.39, 0.29) is 5.91 Å². The molecule has 0 aliphatic rings. The molecule has 0 N–H and O–H groups in total. The van der Waals surface area contributed by atoms with Gasteiger partial charge in [0.1, 0.15) is 0 Å². The zero-order valence-electron chi connectivity index (χ0n) is 13.6. The Bertz CT molecular complexity index is 592. The number of hydrogen-bond donors (Lipinski definition) is 0. The number of benzene rings is 1. The van der Waals surface area contributed by atoms with Gasteiger partial charge in [-0.3, -0.25) is 4.79 Å². The van der Waals surface area contributed by atoms with Crippen molar-refractivity contribution < 1.29 is 9.32 Å². The van der Waals surface area contributed by atoms with Crippen molar-refractivity contribution in [1.29, 1.82) is 0 Å². The van der Waals surface area contributed by atoms with Crippen LogP contribution in [0, 0.1) is 0 Å². The second kappa shape index (κ2) is 7.78. The molecule has 1 atom stereocenters. The van der Waals surface area contributed by atoms with Gasteiger partial charge in [0.2, 0.25) is 5.76 Å². The highest BCUT2D eigenvalue weighted by Crippen LogP contribution is 2.20. The summed E-state index contributed by atoms with van der Waals surface area (Å²) in [5.74, 6) is 0.570. The molecule has 4 heteroatoms. The predicted octanol–water partition coefficient (Wildman–Crippen LogP) is 3.89. The summed E-state index contributed by atoms with van der Waals surface area (Å²) in [5, 5.41) is 4.04. The topological polar surface area (TPSA) is 46.3 Å². The quantitative estimate of drug-likeness (QED) is 0.779. The van der Waals surface area contributed by atoms with Crippen molar-refractivity contribution in [2.45, 2.75) is 39.0 Å². The van der Waals surface area contributed by atoms with E-state index in [4.69, 9.17) is 4.52 Å². The molecule has 2 rings (SSSR count). The van der Waals surface area contributed by atoms with E-state index >= 15 is 0 Å². The van der Waals surface area contributed by atoms with Gasteiger partial charge in [-0.25, -0.2) is 0 Å². The van der Waals surface area contributed by atoms with Crippen LogP contribution < -0.4 is 0 Å². The average molecular weight is 300 g/mol. The standard InChI is InChI=1S/C18H24N2O2/c1-4-5-11-20(3)18(21)17-13-16(19-22-17)12-14(2)15-9-7-6-8-10-15/h6-10,13-14H,4-5,11-12H2,1-3H3. The molecule has 22 heavy (non-hydrogen) atoms. The van der Waals surface area contributed by atoms with Crippen molar-refractivity contribution >= 4 is 5.91 Å². The van der Waals surface area contributed by atoms with E-state index in [2.05, 4.69) is 31.1 Å². The second-order valence-corrected chi connectivity index (χ2v) is 5.78. The summed E-state index contributed by atoms with van der Waals surface area (Å²) in [6.07, 6.45) is 2.82. The lowest BCUT2D eigenvalue weighted by Gasteiger charge is -2.14. The van der Waals surface area contributed by atoms with Crippen molar-refractivity contribution in [2.24, 2.45) is 0 Å². The average Bonchev–Trinajstić information content (AvgIpc) is 3.01. The molecule has 0 aliphatic carbocycles. The molecule has 0 saturated carbocycles. The minimum Gasteiger partial charge on any atom is -0.351 e. The number of aromatic nitrogens is 1. The number of carbonyl (C=O) groups excluding carboxylic acids is 1. The first-order valence-corrected chi connectivity index (χ1v) is 7.87. The summed E-state index contributed by atoms with van der Waals surface area (Å²) in [7, 11) is 1.80. The van der Waals surface area contributed by atoms with E-state index in [0.717, 1.165) is 31.5 Å². The number of carbonyl (C=O) groups is 1. The van der Waals surface area contributed by atoms with Crippen LogP contribution in [0.3, 0.4) is 0 Å². The van der Waals surface area contributed by atoms with E-state index in [0.29, 0.717) is 11.7 Å². The predicted molar refractivity (Wildman–Crippen MR) is 86.9 cm³/mol. The smallest absolute Gasteiger partial charge is 0.292 e. The van der Waals surface area contributed by atoms with Crippen LogP contribution in [0.4, 0.5) is 0 Å². The van der Waals surface area contributed by atoms with Gasteiger partial charge in [-0.2, -0.15) is 0 Å². The number of unbranched alkanes of at least 4 members (excludes halogenated alkanes) is 1. The van der Waals surface area contributed by atoms with Gasteiger partial charge in [-0.1, -0.05) is 55.8 Å². The van der Waals surface area contributed by atoms with Crippen LogP contribution >= 0.6 is 0 Å². The van der Waals surface area contributed by atoms with Crippen LogP contribution in [0.5, 0.6) is 0 Å². The second-order valence-electron chi connectivity index (χ2n) is 5.78. The molecular formula is C18H24N2O2. The Hall–Kier alpha value is -2.10. The van der Waals surface area contributed by atoms with Gasteiger partial charge in [-0.15, -0.1) is 0 Å². The lowest BCUT2D eigenvalue weighted by molar-refractivity contribution is 0.0752. The summed E-state index contributed by atoms with van der Waals surface area (Å²) >= 11 is 0. The van der Waals surface area contributed by atoms with Crippen LogP contribution in [0.15, 0.2) is 40.9 Å². The molecule has 1 heterocycles.